The van der Waals surface area contributed by atoms with Crippen LogP contribution < -0.4 is 16.3 Å². The van der Waals surface area contributed by atoms with E-state index in [0.717, 1.165) is 18.0 Å². The lowest BCUT2D eigenvalue weighted by atomic mass is 10.2. The van der Waals surface area contributed by atoms with Gasteiger partial charge in [-0.25, -0.2) is 4.98 Å². The number of thioether (sulfide) groups is 1. The average Bonchev–Trinajstić information content (AvgIpc) is 3.16. The molecule has 0 aliphatic carbocycles. The number of aromatic nitrogens is 3. The molecule has 4 rings (SSSR count). The van der Waals surface area contributed by atoms with Gasteiger partial charge in [-0.15, -0.1) is 0 Å². The van der Waals surface area contributed by atoms with Crippen LogP contribution in [0, 0.1) is 0 Å². The lowest BCUT2D eigenvalue weighted by Gasteiger charge is -2.10. The first-order valence-electron chi connectivity index (χ1n) is 8.61. The van der Waals surface area contributed by atoms with Gasteiger partial charge in [-0.1, -0.05) is 36.0 Å². The Morgan fingerprint density at radius 2 is 1.79 bits per heavy atom. The van der Waals surface area contributed by atoms with Crippen molar-refractivity contribution in [2.24, 2.45) is 0 Å². The number of hydrogen-bond acceptors (Lipinski definition) is 7. The molecule has 0 saturated heterocycles. The summed E-state index contributed by atoms with van der Waals surface area (Å²) in [6, 6.07) is 14.2. The van der Waals surface area contributed by atoms with Crippen molar-refractivity contribution in [1.29, 1.82) is 0 Å². The molecule has 0 saturated carbocycles. The monoisotopic (exact) mass is 409 g/mol. The fraction of sp³-hybridized carbons (Fsp3) is 0.105. The Kier molecular flexibility index (Phi) is 5.25. The van der Waals surface area contributed by atoms with Gasteiger partial charge in [0, 0.05) is 5.39 Å². The minimum absolute atomic E-state index is 0.0201. The number of rotatable bonds is 5. The number of oxazole rings is 1. The number of carbonyl (C=O) groups is 2. The third-order valence-corrected chi connectivity index (χ3v) is 4.83. The van der Waals surface area contributed by atoms with Crippen LogP contribution in [0.25, 0.3) is 22.0 Å². The summed E-state index contributed by atoms with van der Waals surface area (Å²) in [5.41, 5.74) is 6.34. The van der Waals surface area contributed by atoms with E-state index in [1.54, 1.807) is 30.3 Å². The van der Waals surface area contributed by atoms with Crippen LogP contribution in [0.15, 0.2) is 69.2 Å². The molecule has 2 heterocycles. The Hall–Kier alpha value is -3.66. The summed E-state index contributed by atoms with van der Waals surface area (Å²) in [6.45, 7) is -0.153. The number of fused-ring (bicyclic) bond motifs is 2. The zero-order chi connectivity index (χ0) is 20.2. The lowest BCUT2D eigenvalue weighted by Crippen LogP contribution is -2.44. The molecule has 10 heteroatoms. The zero-order valence-corrected chi connectivity index (χ0v) is 15.8. The zero-order valence-electron chi connectivity index (χ0n) is 15.0. The van der Waals surface area contributed by atoms with Crippen molar-refractivity contribution in [2.75, 3.05) is 5.75 Å². The molecule has 2 aromatic carbocycles. The summed E-state index contributed by atoms with van der Waals surface area (Å²) < 4.78 is 6.92. The lowest BCUT2D eigenvalue weighted by molar-refractivity contribution is -0.128. The molecule has 0 aliphatic rings. The first kappa shape index (κ1) is 18.7. The van der Waals surface area contributed by atoms with E-state index in [2.05, 4.69) is 20.9 Å². The van der Waals surface area contributed by atoms with Crippen LogP contribution in [0.2, 0.25) is 0 Å². The second-order valence-corrected chi connectivity index (χ2v) is 6.94. The fourth-order valence-electron chi connectivity index (χ4n) is 2.68. The Morgan fingerprint density at radius 1 is 1.03 bits per heavy atom. The molecule has 29 heavy (non-hydrogen) atoms. The molecule has 2 amide bonds. The molecular formula is C19H15N5O4S. The summed E-state index contributed by atoms with van der Waals surface area (Å²) in [4.78, 5) is 40.2. The maximum absolute atomic E-state index is 12.1. The van der Waals surface area contributed by atoms with Crippen LogP contribution in [0.3, 0.4) is 0 Å². The van der Waals surface area contributed by atoms with Crippen molar-refractivity contribution >= 4 is 45.6 Å². The van der Waals surface area contributed by atoms with E-state index in [1.165, 1.54) is 4.68 Å². The molecule has 9 nitrogen and oxygen atoms in total. The number of hydrazine groups is 1. The third kappa shape index (κ3) is 4.27. The highest BCUT2D eigenvalue weighted by atomic mass is 32.2. The van der Waals surface area contributed by atoms with Crippen molar-refractivity contribution in [1.82, 2.24) is 25.6 Å². The van der Waals surface area contributed by atoms with Gasteiger partial charge in [0.1, 0.15) is 12.1 Å². The van der Waals surface area contributed by atoms with Crippen molar-refractivity contribution in [3.63, 3.8) is 0 Å². The van der Waals surface area contributed by atoms with Gasteiger partial charge in [-0.2, -0.15) is 5.10 Å². The van der Waals surface area contributed by atoms with E-state index < -0.39 is 11.8 Å². The van der Waals surface area contributed by atoms with Crippen molar-refractivity contribution in [3.05, 3.63) is 65.0 Å². The smallest absolute Gasteiger partial charge is 0.260 e. The minimum Gasteiger partial charge on any atom is -0.431 e. The number of nitrogens with zero attached hydrogens (tertiary/aromatic N) is 3. The number of hydrogen-bond donors (Lipinski definition) is 2. The topological polar surface area (TPSA) is 119 Å². The predicted molar refractivity (Wildman–Crippen MR) is 107 cm³/mol. The number of amides is 2. The highest BCUT2D eigenvalue weighted by Crippen LogP contribution is 2.22. The summed E-state index contributed by atoms with van der Waals surface area (Å²) in [6.07, 6.45) is 1.16. The first-order chi connectivity index (χ1) is 14.1. The van der Waals surface area contributed by atoms with E-state index in [1.807, 2.05) is 18.2 Å². The summed E-state index contributed by atoms with van der Waals surface area (Å²) in [7, 11) is 0. The molecule has 0 atom stereocenters. The van der Waals surface area contributed by atoms with Crippen LogP contribution in [-0.4, -0.2) is 32.3 Å². The summed E-state index contributed by atoms with van der Waals surface area (Å²) >= 11 is 1.12. The molecule has 0 spiro atoms. The first-order valence-corrected chi connectivity index (χ1v) is 9.59. The van der Waals surface area contributed by atoms with E-state index in [4.69, 9.17) is 4.42 Å². The second kappa shape index (κ2) is 8.15. The second-order valence-electron chi connectivity index (χ2n) is 6.02. The van der Waals surface area contributed by atoms with Gasteiger partial charge < -0.3 is 4.42 Å². The number of nitrogens with one attached hydrogen (secondary N) is 2. The average molecular weight is 409 g/mol. The van der Waals surface area contributed by atoms with Crippen molar-refractivity contribution in [3.8, 4) is 0 Å². The standard InChI is InChI=1S/C19H15N5O4S/c25-15-9-20-24(14-7-3-1-5-12(14)15)10-17(26)22-23-18(27)11-29-19-21-13-6-2-4-8-16(13)28-19/h1-9H,10-11H2,(H,22,26)(H,23,27). The highest BCUT2D eigenvalue weighted by molar-refractivity contribution is 7.99. The summed E-state index contributed by atoms with van der Waals surface area (Å²) in [5, 5.41) is 4.81. The Bertz CT molecular complexity index is 1230. The molecule has 0 bridgehead atoms. The molecule has 0 fully saturated rings. The van der Waals surface area contributed by atoms with Gasteiger partial charge in [-0.3, -0.25) is 29.9 Å². The molecule has 0 radical (unpaired) electrons. The molecule has 4 aromatic rings. The number of benzene rings is 2. The van der Waals surface area contributed by atoms with Gasteiger partial charge >= 0.3 is 0 Å². The maximum Gasteiger partial charge on any atom is 0.260 e. The Labute approximate surface area is 168 Å². The van der Waals surface area contributed by atoms with E-state index >= 15 is 0 Å². The Balaban J connectivity index is 1.31. The van der Waals surface area contributed by atoms with Crippen molar-refractivity contribution < 1.29 is 14.0 Å². The van der Waals surface area contributed by atoms with E-state index in [0.29, 0.717) is 27.2 Å². The molecule has 0 aliphatic heterocycles. The normalized spacial score (nSPS) is 10.9. The number of carbonyl (C=O) groups excluding carboxylic acids is 2. The predicted octanol–water partition coefficient (Wildman–Crippen LogP) is 1.48. The minimum atomic E-state index is -0.480. The van der Waals surface area contributed by atoms with Crippen LogP contribution in [0.5, 0.6) is 0 Å². The largest absolute Gasteiger partial charge is 0.431 e. The maximum atomic E-state index is 12.1. The van der Waals surface area contributed by atoms with Crippen LogP contribution in [-0.2, 0) is 16.1 Å². The van der Waals surface area contributed by atoms with Gasteiger partial charge in [0.05, 0.1) is 17.5 Å². The fourth-order valence-corrected chi connectivity index (χ4v) is 3.32. The Morgan fingerprint density at radius 3 is 2.66 bits per heavy atom. The molecule has 0 unspecified atom stereocenters. The molecule has 2 N–H and O–H groups in total. The van der Waals surface area contributed by atoms with Gasteiger partial charge in [0.25, 0.3) is 11.1 Å². The van der Waals surface area contributed by atoms with E-state index in [-0.39, 0.29) is 17.7 Å². The quantitative estimate of drug-likeness (QED) is 0.378. The third-order valence-electron chi connectivity index (χ3n) is 4.00. The molecular weight excluding hydrogens is 394 g/mol. The molecule has 2 aromatic heterocycles. The van der Waals surface area contributed by atoms with Gasteiger partial charge in [0.15, 0.2) is 5.58 Å². The van der Waals surface area contributed by atoms with E-state index in [9.17, 15) is 14.4 Å². The van der Waals surface area contributed by atoms with Gasteiger partial charge in [0.2, 0.25) is 11.3 Å². The van der Waals surface area contributed by atoms with Crippen LogP contribution in [0.4, 0.5) is 0 Å². The molecule has 146 valence electrons. The van der Waals surface area contributed by atoms with Gasteiger partial charge in [-0.05, 0) is 24.3 Å². The van der Waals surface area contributed by atoms with Crippen LogP contribution in [0.1, 0.15) is 0 Å². The van der Waals surface area contributed by atoms with Crippen molar-refractivity contribution in [2.45, 2.75) is 11.8 Å². The number of para-hydroxylation sites is 3. The summed E-state index contributed by atoms with van der Waals surface area (Å²) in [5.74, 6) is -0.874. The van der Waals surface area contributed by atoms with Crippen LogP contribution >= 0.6 is 11.8 Å². The SMILES string of the molecule is O=C(CSc1nc2ccccc2o1)NNC(=O)Cn1ncc(=O)c2ccccc21. The highest BCUT2D eigenvalue weighted by Gasteiger charge is 2.11.